The lowest BCUT2D eigenvalue weighted by Gasteiger charge is -2.10. The lowest BCUT2D eigenvalue weighted by Crippen LogP contribution is -1.99. The third kappa shape index (κ3) is 5.11. The van der Waals surface area contributed by atoms with Crippen molar-refractivity contribution in [3.8, 4) is 5.75 Å². The van der Waals surface area contributed by atoms with Gasteiger partial charge in [0.2, 0.25) is 0 Å². The topological polar surface area (TPSA) is 29.5 Å². The summed E-state index contributed by atoms with van der Waals surface area (Å²) in [6, 6.07) is 5.40. The Bertz CT molecular complexity index is 375. The SMILES string of the molecule is C=CCCCCCOc1ccc([C@@H](C)O)cc1Cl. The fourth-order valence-electron chi connectivity index (χ4n) is 1.64. The van der Waals surface area contributed by atoms with E-state index in [0.717, 1.165) is 31.2 Å². The lowest BCUT2D eigenvalue weighted by atomic mass is 10.1. The van der Waals surface area contributed by atoms with Crippen molar-refractivity contribution in [2.75, 3.05) is 6.61 Å². The molecule has 1 aromatic carbocycles. The van der Waals surface area contributed by atoms with E-state index in [1.807, 2.05) is 18.2 Å². The van der Waals surface area contributed by atoms with Crippen molar-refractivity contribution in [3.05, 3.63) is 41.4 Å². The minimum absolute atomic E-state index is 0.504. The van der Waals surface area contributed by atoms with E-state index >= 15 is 0 Å². The molecule has 18 heavy (non-hydrogen) atoms. The quantitative estimate of drug-likeness (QED) is 0.555. The summed E-state index contributed by atoms with van der Waals surface area (Å²) in [5.74, 6) is 0.685. The van der Waals surface area contributed by atoms with Crippen LogP contribution in [0.5, 0.6) is 5.75 Å². The molecule has 0 amide bonds. The van der Waals surface area contributed by atoms with Crippen molar-refractivity contribution in [1.29, 1.82) is 0 Å². The molecule has 0 spiro atoms. The number of aliphatic hydroxyl groups excluding tert-OH is 1. The molecule has 0 aliphatic carbocycles. The summed E-state index contributed by atoms with van der Waals surface area (Å²) < 4.78 is 5.61. The number of benzene rings is 1. The standard InChI is InChI=1S/C15H21ClO2/c1-3-4-5-6-7-10-18-15-9-8-13(12(2)17)11-14(15)16/h3,8-9,11-12,17H,1,4-7,10H2,2H3/t12-/m1/s1. The molecule has 0 heterocycles. The monoisotopic (exact) mass is 268 g/mol. The van der Waals surface area contributed by atoms with Gasteiger partial charge < -0.3 is 9.84 Å². The number of hydrogen-bond donors (Lipinski definition) is 1. The average molecular weight is 269 g/mol. The van der Waals surface area contributed by atoms with Crippen molar-refractivity contribution in [2.45, 2.75) is 38.7 Å². The summed E-state index contributed by atoms with van der Waals surface area (Å²) in [6.45, 7) is 6.08. The zero-order chi connectivity index (χ0) is 13.4. The van der Waals surface area contributed by atoms with Gasteiger partial charge in [-0.3, -0.25) is 0 Å². The number of ether oxygens (including phenoxy) is 1. The fraction of sp³-hybridized carbons (Fsp3) is 0.467. The first-order valence-electron chi connectivity index (χ1n) is 6.36. The van der Waals surface area contributed by atoms with Gasteiger partial charge in [-0.05, 0) is 50.3 Å². The van der Waals surface area contributed by atoms with Crippen LogP contribution >= 0.6 is 11.6 Å². The summed E-state index contributed by atoms with van der Waals surface area (Å²) in [5.41, 5.74) is 0.804. The molecular formula is C15H21ClO2. The summed E-state index contributed by atoms with van der Waals surface area (Å²) in [6.07, 6.45) is 5.80. The Morgan fingerprint density at radius 2 is 2.17 bits per heavy atom. The minimum atomic E-state index is -0.504. The third-order valence-corrected chi connectivity index (χ3v) is 3.04. The molecule has 0 aliphatic rings. The number of hydrogen-bond acceptors (Lipinski definition) is 2. The van der Waals surface area contributed by atoms with Crippen LogP contribution in [0.3, 0.4) is 0 Å². The maximum atomic E-state index is 9.43. The molecule has 3 heteroatoms. The van der Waals surface area contributed by atoms with E-state index in [1.165, 1.54) is 0 Å². The molecule has 0 bridgehead atoms. The van der Waals surface area contributed by atoms with Gasteiger partial charge in [0.05, 0.1) is 17.7 Å². The van der Waals surface area contributed by atoms with Crippen molar-refractivity contribution in [1.82, 2.24) is 0 Å². The highest BCUT2D eigenvalue weighted by Crippen LogP contribution is 2.28. The normalized spacial score (nSPS) is 12.2. The molecule has 0 radical (unpaired) electrons. The Hall–Kier alpha value is -0.990. The van der Waals surface area contributed by atoms with Gasteiger partial charge in [0.25, 0.3) is 0 Å². The van der Waals surface area contributed by atoms with Crippen LogP contribution in [-0.2, 0) is 0 Å². The zero-order valence-corrected chi connectivity index (χ0v) is 11.6. The lowest BCUT2D eigenvalue weighted by molar-refractivity contribution is 0.199. The first-order chi connectivity index (χ1) is 8.65. The molecule has 0 unspecified atom stereocenters. The molecule has 1 atom stereocenters. The van der Waals surface area contributed by atoms with Crippen LogP contribution in [0.4, 0.5) is 0 Å². The fourth-order valence-corrected chi connectivity index (χ4v) is 1.89. The Kier molecular flexibility index (Phi) is 6.84. The third-order valence-electron chi connectivity index (χ3n) is 2.75. The molecule has 0 aromatic heterocycles. The maximum Gasteiger partial charge on any atom is 0.137 e. The van der Waals surface area contributed by atoms with Crippen molar-refractivity contribution >= 4 is 11.6 Å². The number of unbranched alkanes of at least 4 members (excludes halogenated alkanes) is 3. The van der Waals surface area contributed by atoms with Crippen LogP contribution in [0.25, 0.3) is 0 Å². The van der Waals surface area contributed by atoms with Crippen molar-refractivity contribution in [2.24, 2.45) is 0 Å². The highest BCUT2D eigenvalue weighted by atomic mass is 35.5. The summed E-state index contributed by atoms with van der Waals surface area (Å²) in [7, 11) is 0. The Balaban J connectivity index is 2.36. The predicted octanol–water partition coefficient (Wildman–Crippen LogP) is 4.52. The molecule has 2 nitrogen and oxygen atoms in total. The average Bonchev–Trinajstić information content (AvgIpc) is 2.35. The van der Waals surface area contributed by atoms with E-state index < -0.39 is 6.10 Å². The first kappa shape index (κ1) is 15.1. The molecule has 100 valence electrons. The second-order valence-electron chi connectivity index (χ2n) is 4.35. The van der Waals surface area contributed by atoms with Gasteiger partial charge in [0, 0.05) is 0 Å². The Morgan fingerprint density at radius 3 is 2.78 bits per heavy atom. The van der Waals surface area contributed by atoms with Crippen molar-refractivity contribution in [3.63, 3.8) is 0 Å². The van der Waals surface area contributed by atoms with Gasteiger partial charge >= 0.3 is 0 Å². The number of rotatable bonds is 8. The first-order valence-corrected chi connectivity index (χ1v) is 6.74. The van der Waals surface area contributed by atoms with E-state index in [9.17, 15) is 5.11 Å². The largest absolute Gasteiger partial charge is 0.492 e. The van der Waals surface area contributed by atoms with E-state index in [1.54, 1.807) is 13.0 Å². The number of allylic oxidation sites excluding steroid dienone is 1. The van der Waals surface area contributed by atoms with E-state index in [2.05, 4.69) is 6.58 Å². The molecule has 0 saturated carbocycles. The van der Waals surface area contributed by atoms with Gasteiger partial charge in [-0.25, -0.2) is 0 Å². The summed E-state index contributed by atoms with van der Waals surface area (Å²) in [4.78, 5) is 0. The van der Waals surface area contributed by atoms with Gasteiger partial charge in [0.15, 0.2) is 0 Å². The van der Waals surface area contributed by atoms with E-state index in [-0.39, 0.29) is 0 Å². The second-order valence-corrected chi connectivity index (χ2v) is 4.76. The van der Waals surface area contributed by atoms with Gasteiger partial charge in [-0.15, -0.1) is 6.58 Å². The van der Waals surface area contributed by atoms with Crippen molar-refractivity contribution < 1.29 is 9.84 Å². The summed E-state index contributed by atoms with van der Waals surface area (Å²) >= 11 is 6.09. The molecule has 1 aromatic rings. The zero-order valence-electron chi connectivity index (χ0n) is 10.9. The summed E-state index contributed by atoms with van der Waals surface area (Å²) in [5, 5.41) is 9.98. The molecule has 0 aliphatic heterocycles. The molecule has 0 fully saturated rings. The number of aliphatic hydroxyl groups is 1. The van der Waals surface area contributed by atoms with Crippen LogP contribution < -0.4 is 4.74 Å². The molecular weight excluding hydrogens is 248 g/mol. The van der Waals surface area contributed by atoms with E-state index in [4.69, 9.17) is 16.3 Å². The highest BCUT2D eigenvalue weighted by Gasteiger charge is 2.06. The molecule has 1 rings (SSSR count). The van der Waals surface area contributed by atoms with Crippen LogP contribution in [0.1, 0.15) is 44.3 Å². The predicted molar refractivity (Wildman–Crippen MR) is 76.2 cm³/mol. The van der Waals surface area contributed by atoms with E-state index in [0.29, 0.717) is 17.4 Å². The van der Waals surface area contributed by atoms with Gasteiger partial charge in [0.1, 0.15) is 5.75 Å². The number of halogens is 1. The second kappa shape index (κ2) is 8.17. The molecule has 0 saturated heterocycles. The van der Waals surface area contributed by atoms with Crippen LogP contribution in [0.2, 0.25) is 5.02 Å². The molecule has 1 N–H and O–H groups in total. The smallest absolute Gasteiger partial charge is 0.137 e. The Morgan fingerprint density at radius 1 is 1.39 bits per heavy atom. The van der Waals surface area contributed by atoms with Gasteiger partial charge in [-0.1, -0.05) is 23.7 Å². The maximum absolute atomic E-state index is 9.43. The Labute approximate surface area is 114 Å². The van der Waals surface area contributed by atoms with Crippen LogP contribution in [0.15, 0.2) is 30.9 Å². The van der Waals surface area contributed by atoms with Gasteiger partial charge in [-0.2, -0.15) is 0 Å². The van der Waals surface area contributed by atoms with Crippen LogP contribution in [0, 0.1) is 0 Å². The minimum Gasteiger partial charge on any atom is -0.492 e. The highest BCUT2D eigenvalue weighted by molar-refractivity contribution is 6.32. The van der Waals surface area contributed by atoms with Crippen LogP contribution in [-0.4, -0.2) is 11.7 Å².